The Bertz CT molecular complexity index is 483. The first kappa shape index (κ1) is 14.9. The minimum Gasteiger partial charge on any atom is -0.493 e. The van der Waals surface area contributed by atoms with Crippen LogP contribution in [0.25, 0.3) is 0 Å². The van der Waals surface area contributed by atoms with Crippen molar-refractivity contribution in [2.75, 3.05) is 6.61 Å². The summed E-state index contributed by atoms with van der Waals surface area (Å²) in [5, 5.41) is 3.85. The Kier molecular flexibility index (Phi) is 4.84. The van der Waals surface area contributed by atoms with Crippen molar-refractivity contribution in [3.63, 3.8) is 0 Å². The van der Waals surface area contributed by atoms with E-state index in [4.69, 9.17) is 4.74 Å². The summed E-state index contributed by atoms with van der Waals surface area (Å²) in [5.74, 6) is 1.14. The van der Waals surface area contributed by atoms with E-state index in [0.717, 1.165) is 18.8 Å². The van der Waals surface area contributed by atoms with E-state index in [1.165, 1.54) is 56.1 Å². The summed E-state index contributed by atoms with van der Waals surface area (Å²) in [4.78, 5) is 0. The Morgan fingerprint density at radius 3 is 2.95 bits per heavy atom. The van der Waals surface area contributed by atoms with Crippen LogP contribution in [0, 0.1) is 0 Å². The van der Waals surface area contributed by atoms with Crippen LogP contribution in [0.4, 0.5) is 0 Å². The van der Waals surface area contributed by atoms with E-state index in [1.807, 2.05) is 0 Å². The predicted octanol–water partition coefficient (Wildman–Crippen LogP) is 4.04. The first-order chi connectivity index (χ1) is 10.3. The molecule has 0 saturated carbocycles. The van der Waals surface area contributed by atoms with E-state index >= 15 is 0 Å². The van der Waals surface area contributed by atoms with Gasteiger partial charge in [0.05, 0.1) is 6.61 Å². The molecule has 0 fully saturated rings. The number of rotatable bonds is 6. The highest BCUT2D eigenvalue weighted by atomic mass is 16.5. The van der Waals surface area contributed by atoms with E-state index in [2.05, 4.69) is 31.3 Å². The molecule has 2 unspecified atom stereocenters. The van der Waals surface area contributed by atoms with Crippen LogP contribution in [0.1, 0.15) is 62.6 Å². The maximum atomic E-state index is 5.73. The maximum Gasteiger partial charge on any atom is 0.122 e. The van der Waals surface area contributed by atoms with Gasteiger partial charge in [-0.15, -0.1) is 0 Å². The number of aryl methyl sites for hydroxylation is 1. The molecule has 116 valence electrons. The molecule has 0 spiro atoms. The average Bonchev–Trinajstić information content (AvgIpc) is 2.92. The topological polar surface area (TPSA) is 21.3 Å². The molecule has 1 N–H and O–H groups in total. The number of ether oxygens (including phenoxy) is 1. The van der Waals surface area contributed by atoms with Gasteiger partial charge in [0.2, 0.25) is 0 Å². The molecule has 0 bridgehead atoms. The summed E-state index contributed by atoms with van der Waals surface area (Å²) >= 11 is 0. The Morgan fingerprint density at radius 1 is 1.19 bits per heavy atom. The van der Waals surface area contributed by atoms with Crippen LogP contribution in [0.3, 0.4) is 0 Å². The molecule has 0 aromatic heterocycles. The molecule has 1 aromatic carbocycles. The fourth-order valence-corrected chi connectivity index (χ4v) is 3.77. The summed E-state index contributed by atoms with van der Waals surface area (Å²) in [5.41, 5.74) is 4.50. The minimum atomic E-state index is 0.647. The zero-order valence-electron chi connectivity index (χ0n) is 13.6. The van der Waals surface area contributed by atoms with Gasteiger partial charge in [-0.25, -0.2) is 0 Å². The molecule has 3 rings (SSSR count). The van der Waals surface area contributed by atoms with Crippen LogP contribution < -0.4 is 10.1 Å². The van der Waals surface area contributed by atoms with Gasteiger partial charge in [-0.05, 0) is 55.4 Å². The maximum absolute atomic E-state index is 5.73. The Morgan fingerprint density at radius 2 is 2.10 bits per heavy atom. The Labute approximate surface area is 129 Å². The van der Waals surface area contributed by atoms with Gasteiger partial charge < -0.3 is 10.1 Å². The average molecular weight is 287 g/mol. The number of hydrogen-bond donors (Lipinski definition) is 1. The molecule has 1 aliphatic carbocycles. The summed E-state index contributed by atoms with van der Waals surface area (Å²) in [6, 6.07) is 6.01. The molecule has 1 aliphatic heterocycles. The van der Waals surface area contributed by atoms with Crippen molar-refractivity contribution < 1.29 is 4.74 Å². The summed E-state index contributed by atoms with van der Waals surface area (Å²) < 4.78 is 5.73. The van der Waals surface area contributed by atoms with E-state index in [1.54, 1.807) is 5.56 Å². The molecular weight excluding hydrogens is 258 g/mol. The highest BCUT2D eigenvalue weighted by Gasteiger charge is 2.23. The van der Waals surface area contributed by atoms with Crippen molar-refractivity contribution in [3.8, 4) is 5.75 Å². The second-order valence-electron chi connectivity index (χ2n) is 6.83. The molecule has 0 amide bonds. The van der Waals surface area contributed by atoms with Gasteiger partial charge in [0.1, 0.15) is 5.75 Å². The third-order valence-electron chi connectivity index (χ3n) is 5.00. The number of benzene rings is 1. The van der Waals surface area contributed by atoms with Crippen LogP contribution in [0.15, 0.2) is 12.1 Å². The molecule has 1 aromatic rings. The van der Waals surface area contributed by atoms with Gasteiger partial charge in [-0.1, -0.05) is 32.3 Å². The molecule has 0 saturated heterocycles. The van der Waals surface area contributed by atoms with Gasteiger partial charge in [0, 0.05) is 18.5 Å². The number of hydrogen-bond acceptors (Lipinski definition) is 2. The van der Waals surface area contributed by atoms with Gasteiger partial charge in [0.25, 0.3) is 0 Å². The van der Waals surface area contributed by atoms with Crippen LogP contribution in [0.2, 0.25) is 0 Å². The third kappa shape index (κ3) is 3.60. The smallest absolute Gasteiger partial charge is 0.122 e. The first-order valence-corrected chi connectivity index (χ1v) is 8.79. The molecule has 1 heterocycles. The van der Waals surface area contributed by atoms with Crippen molar-refractivity contribution in [1.82, 2.24) is 5.32 Å². The highest BCUT2D eigenvalue weighted by Crippen LogP contribution is 2.32. The number of nitrogens with one attached hydrogen (secondary N) is 1. The molecular formula is C19H29NO. The lowest BCUT2D eigenvalue weighted by Crippen LogP contribution is -2.40. The van der Waals surface area contributed by atoms with E-state index in [0.29, 0.717) is 12.1 Å². The minimum absolute atomic E-state index is 0.647. The van der Waals surface area contributed by atoms with Gasteiger partial charge in [-0.3, -0.25) is 0 Å². The van der Waals surface area contributed by atoms with Gasteiger partial charge >= 0.3 is 0 Å². The first-order valence-electron chi connectivity index (χ1n) is 8.79. The Balaban J connectivity index is 1.57. The SMILES string of the molecule is CCCCCC(C)NC1CCc2cc3c(cc2C1)OCC3. The molecule has 2 heteroatoms. The van der Waals surface area contributed by atoms with Crippen molar-refractivity contribution >= 4 is 0 Å². The van der Waals surface area contributed by atoms with Crippen molar-refractivity contribution in [2.24, 2.45) is 0 Å². The van der Waals surface area contributed by atoms with Crippen LogP contribution in [-0.2, 0) is 19.3 Å². The van der Waals surface area contributed by atoms with E-state index < -0.39 is 0 Å². The van der Waals surface area contributed by atoms with E-state index in [9.17, 15) is 0 Å². The molecule has 2 nitrogen and oxygen atoms in total. The third-order valence-corrected chi connectivity index (χ3v) is 5.00. The fraction of sp³-hybridized carbons (Fsp3) is 0.684. The zero-order chi connectivity index (χ0) is 14.7. The van der Waals surface area contributed by atoms with Crippen LogP contribution in [0.5, 0.6) is 5.75 Å². The fourth-order valence-electron chi connectivity index (χ4n) is 3.77. The molecule has 2 atom stereocenters. The highest BCUT2D eigenvalue weighted by molar-refractivity contribution is 5.46. The normalized spacial score (nSPS) is 21.5. The molecule has 2 aliphatic rings. The van der Waals surface area contributed by atoms with E-state index in [-0.39, 0.29) is 0 Å². The number of fused-ring (bicyclic) bond motifs is 2. The van der Waals surface area contributed by atoms with Gasteiger partial charge in [-0.2, -0.15) is 0 Å². The monoisotopic (exact) mass is 287 g/mol. The quantitative estimate of drug-likeness (QED) is 0.797. The van der Waals surface area contributed by atoms with Crippen molar-refractivity contribution in [3.05, 3.63) is 28.8 Å². The molecule has 21 heavy (non-hydrogen) atoms. The lowest BCUT2D eigenvalue weighted by atomic mass is 9.86. The number of unbranched alkanes of at least 4 members (excludes halogenated alkanes) is 2. The zero-order valence-corrected chi connectivity index (χ0v) is 13.6. The lowest BCUT2D eigenvalue weighted by molar-refractivity contribution is 0.355. The van der Waals surface area contributed by atoms with Gasteiger partial charge in [0.15, 0.2) is 0 Å². The molecule has 0 radical (unpaired) electrons. The second-order valence-corrected chi connectivity index (χ2v) is 6.83. The lowest BCUT2D eigenvalue weighted by Gasteiger charge is -2.29. The Hall–Kier alpha value is -1.02. The largest absolute Gasteiger partial charge is 0.493 e. The summed E-state index contributed by atoms with van der Waals surface area (Å²) in [7, 11) is 0. The van der Waals surface area contributed by atoms with Crippen molar-refractivity contribution in [2.45, 2.75) is 77.3 Å². The summed E-state index contributed by atoms with van der Waals surface area (Å²) in [6.45, 7) is 5.49. The van der Waals surface area contributed by atoms with Crippen LogP contribution in [-0.4, -0.2) is 18.7 Å². The standard InChI is InChI=1S/C19H29NO/c1-3-4-5-6-14(2)20-18-8-7-15-11-16-9-10-21-19(16)13-17(15)12-18/h11,13-14,18,20H,3-10,12H2,1-2H3. The van der Waals surface area contributed by atoms with Crippen LogP contribution >= 0.6 is 0 Å². The van der Waals surface area contributed by atoms with Crippen molar-refractivity contribution in [1.29, 1.82) is 0 Å². The summed E-state index contributed by atoms with van der Waals surface area (Å²) in [6.07, 6.45) is 10.1. The predicted molar refractivity (Wildman–Crippen MR) is 88.2 cm³/mol. The second kappa shape index (κ2) is 6.83.